The number of allylic oxidation sites excluding steroid dienone is 7. The summed E-state index contributed by atoms with van der Waals surface area (Å²) in [6.45, 7) is 2.24. The van der Waals surface area contributed by atoms with Crippen LogP contribution in [0.15, 0.2) is 59.4 Å². The Balaban J connectivity index is 1.43. The van der Waals surface area contributed by atoms with Crippen LogP contribution in [0.1, 0.15) is 39.0 Å². The lowest BCUT2D eigenvalue weighted by molar-refractivity contribution is -0.136. The fraction of sp³-hybridized carbons (Fsp3) is 0.500. The molecule has 2 aliphatic heterocycles. The Bertz CT molecular complexity index is 917. The summed E-state index contributed by atoms with van der Waals surface area (Å²) in [5.74, 6) is 0.524. The molecular weight excluding hydrogens is 397 g/mol. The highest BCUT2D eigenvalue weighted by atomic mass is 19.1. The summed E-state index contributed by atoms with van der Waals surface area (Å²) < 4.78 is 19.7. The van der Waals surface area contributed by atoms with Gasteiger partial charge in [0.15, 0.2) is 0 Å². The average Bonchev–Trinajstić information content (AvgIpc) is 3.28. The van der Waals surface area contributed by atoms with Crippen LogP contribution < -0.4 is 0 Å². The van der Waals surface area contributed by atoms with E-state index in [1.54, 1.807) is 36.1 Å². The van der Waals surface area contributed by atoms with E-state index >= 15 is 0 Å². The van der Waals surface area contributed by atoms with Gasteiger partial charge in [0.05, 0.1) is 24.3 Å². The van der Waals surface area contributed by atoms with Gasteiger partial charge < -0.3 is 19.4 Å². The fourth-order valence-corrected chi connectivity index (χ4v) is 4.71. The molecule has 7 heteroatoms. The highest BCUT2D eigenvalue weighted by Crippen LogP contribution is 2.39. The number of nitrogens with zero attached hydrogens (tertiary/aromatic N) is 3. The third-order valence-corrected chi connectivity index (χ3v) is 6.62. The van der Waals surface area contributed by atoms with E-state index in [0.29, 0.717) is 25.8 Å². The van der Waals surface area contributed by atoms with Crippen molar-refractivity contribution in [1.29, 1.82) is 0 Å². The Hall–Kier alpha value is -2.83. The molecular formula is C24H30FN3O3. The Morgan fingerprint density at radius 2 is 2.13 bits per heavy atom. The van der Waals surface area contributed by atoms with Crippen LogP contribution in [-0.2, 0) is 14.3 Å². The number of hydrogen-bond donors (Lipinski definition) is 0. The topological polar surface area (TPSA) is 53.1 Å². The molecule has 0 radical (unpaired) electrons. The van der Waals surface area contributed by atoms with Gasteiger partial charge in [-0.05, 0) is 43.6 Å². The molecule has 0 fully saturated rings. The van der Waals surface area contributed by atoms with Gasteiger partial charge in [-0.2, -0.15) is 0 Å². The summed E-state index contributed by atoms with van der Waals surface area (Å²) in [6.07, 6.45) is 13.0. The van der Waals surface area contributed by atoms with Crippen molar-refractivity contribution >= 4 is 11.8 Å². The Kier molecular flexibility index (Phi) is 6.03. The molecule has 0 bridgehead atoms. The van der Waals surface area contributed by atoms with Crippen LogP contribution in [0.5, 0.6) is 0 Å². The molecule has 3 atom stereocenters. The number of fused-ring (bicyclic) bond motifs is 2. The predicted molar refractivity (Wildman–Crippen MR) is 116 cm³/mol. The molecule has 4 aliphatic rings. The van der Waals surface area contributed by atoms with Crippen molar-refractivity contribution in [2.45, 2.75) is 51.2 Å². The maximum absolute atomic E-state index is 14.4. The molecule has 0 spiro atoms. The Labute approximate surface area is 183 Å². The number of carbonyl (C=O) groups excluding carboxylic acids is 2. The molecule has 2 unspecified atom stereocenters. The zero-order chi connectivity index (χ0) is 22.1. The van der Waals surface area contributed by atoms with Crippen LogP contribution in [0.4, 0.5) is 4.39 Å². The highest BCUT2D eigenvalue weighted by molar-refractivity contribution is 5.87. The molecule has 0 saturated heterocycles. The molecule has 4 rings (SSSR count). The van der Waals surface area contributed by atoms with E-state index in [1.165, 1.54) is 0 Å². The predicted octanol–water partition coefficient (Wildman–Crippen LogP) is 3.62. The molecule has 2 aliphatic carbocycles. The first-order valence-corrected chi connectivity index (χ1v) is 11.0. The normalized spacial score (nSPS) is 27.1. The number of rotatable bonds is 6. The first kappa shape index (κ1) is 21.4. The maximum Gasteiger partial charge on any atom is 0.250 e. The third kappa shape index (κ3) is 3.93. The zero-order valence-electron chi connectivity index (χ0n) is 18.4. The number of ether oxygens (including phenoxy) is 1. The van der Waals surface area contributed by atoms with E-state index in [-0.39, 0.29) is 17.9 Å². The average molecular weight is 428 g/mol. The van der Waals surface area contributed by atoms with Gasteiger partial charge in [-0.1, -0.05) is 13.0 Å². The van der Waals surface area contributed by atoms with Gasteiger partial charge >= 0.3 is 0 Å². The fourth-order valence-electron chi connectivity index (χ4n) is 4.71. The van der Waals surface area contributed by atoms with E-state index in [0.717, 1.165) is 35.7 Å². The van der Waals surface area contributed by atoms with Crippen molar-refractivity contribution in [2.24, 2.45) is 5.92 Å². The van der Waals surface area contributed by atoms with Gasteiger partial charge in [-0.15, -0.1) is 0 Å². The number of halogens is 1. The van der Waals surface area contributed by atoms with Crippen LogP contribution in [-0.4, -0.2) is 59.4 Å². The summed E-state index contributed by atoms with van der Waals surface area (Å²) in [4.78, 5) is 31.3. The number of methoxy groups -OCH3 is 1. The Morgan fingerprint density at radius 1 is 1.32 bits per heavy atom. The van der Waals surface area contributed by atoms with Crippen molar-refractivity contribution < 1.29 is 18.7 Å². The van der Waals surface area contributed by atoms with Crippen molar-refractivity contribution in [3.05, 3.63) is 59.4 Å². The van der Waals surface area contributed by atoms with Crippen LogP contribution in [0.25, 0.3) is 0 Å². The SMILES string of the molecule is COC1=CC=C(N(C)C(=O)CCCN2C(=O)C3CC=CN3C3=C2C(C)[C@@H](F)C=C3)CC1. The summed E-state index contributed by atoms with van der Waals surface area (Å²) in [7, 11) is 3.44. The first-order valence-electron chi connectivity index (χ1n) is 11.0. The van der Waals surface area contributed by atoms with Gasteiger partial charge in [0.1, 0.15) is 12.2 Å². The zero-order valence-corrected chi connectivity index (χ0v) is 18.4. The lowest BCUT2D eigenvalue weighted by Gasteiger charge is -2.44. The van der Waals surface area contributed by atoms with Crippen LogP contribution in [0.2, 0.25) is 0 Å². The molecule has 166 valence electrons. The van der Waals surface area contributed by atoms with E-state index in [4.69, 9.17) is 4.74 Å². The summed E-state index contributed by atoms with van der Waals surface area (Å²) in [5, 5.41) is 0. The minimum Gasteiger partial charge on any atom is -0.501 e. The van der Waals surface area contributed by atoms with E-state index in [9.17, 15) is 14.0 Å². The molecule has 0 N–H and O–H groups in total. The summed E-state index contributed by atoms with van der Waals surface area (Å²) in [5.41, 5.74) is 2.59. The van der Waals surface area contributed by atoms with Crippen LogP contribution in [0, 0.1) is 5.92 Å². The second kappa shape index (κ2) is 8.73. The Morgan fingerprint density at radius 3 is 2.84 bits per heavy atom. The minimum atomic E-state index is -1.12. The van der Waals surface area contributed by atoms with Crippen molar-refractivity contribution in [2.75, 3.05) is 20.7 Å². The van der Waals surface area contributed by atoms with Gasteiger partial charge in [0, 0.05) is 44.2 Å². The first-order chi connectivity index (χ1) is 14.9. The van der Waals surface area contributed by atoms with Gasteiger partial charge in [0.25, 0.3) is 0 Å². The van der Waals surface area contributed by atoms with E-state index in [2.05, 4.69) is 0 Å². The largest absolute Gasteiger partial charge is 0.501 e. The second-order valence-corrected chi connectivity index (χ2v) is 8.45. The van der Waals surface area contributed by atoms with Crippen molar-refractivity contribution in [3.63, 3.8) is 0 Å². The number of carbonyl (C=O) groups is 2. The number of amides is 2. The molecule has 31 heavy (non-hydrogen) atoms. The third-order valence-electron chi connectivity index (χ3n) is 6.62. The van der Waals surface area contributed by atoms with Crippen molar-refractivity contribution in [1.82, 2.24) is 14.7 Å². The number of alkyl halides is 1. The minimum absolute atomic E-state index is 0.00822. The summed E-state index contributed by atoms with van der Waals surface area (Å²) >= 11 is 0. The van der Waals surface area contributed by atoms with Crippen molar-refractivity contribution in [3.8, 4) is 0 Å². The second-order valence-electron chi connectivity index (χ2n) is 8.45. The molecule has 2 heterocycles. The van der Waals surface area contributed by atoms with E-state index in [1.807, 2.05) is 36.3 Å². The molecule has 0 aromatic heterocycles. The van der Waals surface area contributed by atoms with Gasteiger partial charge in [-0.25, -0.2) is 4.39 Å². The number of hydrogen-bond acceptors (Lipinski definition) is 4. The lowest BCUT2D eigenvalue weighted by Crippen LogP contribution is -2.52. The maximum atomic E-state index is 14.4. The lowest BCUT2D eigenvalue weighted by atomic mass is 9.90. The standard InChI is InChI=1S/C24H30FN3O3/c1-16-19(25)12-13-20-23(16)28(24(30)21-6-4-14-27(20)21)15-5-7-22(29)26(2)17-8-10-18(31-3)11-9-17/h4,8,10,12-14,16,19,21H,5-7,9,11,15H2,1-3H3/t16?,19-,21?/m0/s1. The van der Waals surface area contributed by atoms with Gasteiger partial charge in [0.2, 0.25) is 11.8 Å². The monoisotopic (exact) mass is 427 g/mol. The van der Waals surface area contributed by atoms with Crippen LogP contribution >= 0.6 is 0 Å². The smallest absolute Gasteiger partial charge is 0.250 e. The van der Waals surface area contributed by atoms with Crippen LogP contribution in [0.3, 0.4) is 0 Å². The molecule has 6 nitrogen and oxygen atoms in total. The molecule has 0 saturated carbocycles. The van der Waals surface area contributed by atoms with Gasteiger partial charge in [-0.3, -0.25) is 9.59 Å². The molecule has 0 aromatic carbocycles. The summed E-state index contributed by atoms with van der Waals surface area (Å²) in [6, 6.07) is -0.265. The molecule has 0 aromatic rings. The quantitative estimate of drug-likeness (QED) is 0.650. The highest BCUT2D eigenvalue weighted by Gasteiger charge is 2.43. The van der Waals surface area contributed by atoms with E-state index < -0.39 is 12.1 Å². The molecule has 2 amide bonds.